The van der Waals surface area contributed by atoms with Crippen LogP contribution in [0.15, 0.2) is 0 Å². The highest BCUT2D eigenvalue weighted by Crippen LogP contribution is 2.31. The molecule has 2 aliphatic rings. The Morgan fingerprint density at radius 2 is 2.11 bits per heavy atom. The molecule has 18 heavy (non-hydrogen) atoms. The topological polar surface area (TPSA) is 21.3 Å². The lowest BCUT2D eigenvalue weighted by Gasteiger charge is -2.40. The van der Waals surface area contributed by atoms with Crippen LogP contribution in [0.3, 0.4) is 0 Å². The SMILES string of the molecule is CCC1(C)CC(NC2CCCC(SC)C2)CCO1. The van der Waals surface area contributed by atoms with E-state index in [0.29, 0.717) is 6.04 Å². The van der Waals surface area contributed by atoms with Crippen molar-refractivity contribution in [2.45, 2.75) is 81.7 Å². The standard InChI is InChI=1S/C15H29NOS/c1-4-15(2)11-13(8-9-17-15)16-12-6-5-7-14(10-12)18-3/h12-14,16H,4-11H2,1-3H3. The monoisotopic (exact) mass is 271 g/mol. The van der Waals surface area contributed by atoms with Gasteiger partial charge in [0.25, 0.3) is 0 Å². The third kappa shape index (κ3) is 3.88. The fourth-order valence-corrected chi connectivity index (χ4v) is 4.19. The van der Waals surface area contributed by atoms with Crippen molar-refractivity contribution >= 4 is 11.8 Å². The lowest BCUT2D eigenvalue weighted by atomic mass is 9.88. The second-order valence-electron chi connectivity index (χ2n) is 6.23. The van der Waals surface area contributed by atoms with E-state index in [4.69, 9.17) is 4.74 Å². The zero-order valence-electron chi connectivity index (χ0n) is 12.2. The van der Waals surface area contributed by atoms with Gasteiger partial charge in [-0.2, -0.15) is 11.8 Å². The van der Waals surface area contributed by atoms with Crippen LogP contribution in [0.5, 0.6) is 0 Å². The van der Waals surface area contributed by atoms with E-state index in [0.717, 1.165) is 24.3 Å². The maximum Gasteiger partial charge on any atom is 0.0666 e. The quantitative estimate of drug-likeness (QED) is 0.844. The highest BCUT2D eigenvalue weighted by molar-refractivity contribution is 7.99. The fraction of sp³-hybridized carbons (Fsp3) is 1.00. The minimum Gasteiger partial charge on any atom is -0.375 e. The van der Waals surface area contributed by atoms with E-state index in [1.165, 1.54) is 38.5 Å². The van der Waals surface area contributed by atoms with Crippen LogP contribution in [-0.4, -0.2) is 35.8 Å². The van der Waals surface area contributed by atoms with E-state index < -0.39 is 0 Å². The molecule has 1 heterocycles. The maximum absolute atomic E-state index is 5.93. The molecule has 0 amide bonds. The molecule has 106 valence electrons. The Labute approximate surface area is 117 Å². The largest absolute Gasteiger partial charge is 0.375 e. The average molecular weight is 271 g/mol. The molecule has 2 fully saturated rings. The van der Waals surface area contributed by atoms with E-state index >= 15 is 0 Å². The van der Waals surface area contributed by atoms with Gasteiger partial charge in [0.15, 0.2) is 0 Å². The molecular formula is C15H29NOS. The van der Waals surface area contributed by atoms with Crippen LogP contribution in [0, 0.1) is 0 Å². The summed E-state index contributed by atoms with van der Waals surface area (Å²) in [4.78, 5) is 0. The van der Waals surface area contributed by atoms with Gasteiger partial charge in [0.2, 0.25) is 0 Å². The van der Waals surface area contributed by atoms with Gasteiger partial charge in [-0.3, -0.25) is 0 Å². The minimum absolute atomic E-state index is 0.115. The van der Waals surface area contributed by atoms with Crippen molar-refractivity contribution < 1.29 is 4.74 Å². The summed E-state index contributed by atoms with van der Waals surface area (Å²) in [6.07, 6.45) is 11.3. The molecule has 1 saturated heterocycles. The summed E-state index contributed by atoms with van der Waals surface area (Å²) in [5.41, 5.74) is 0.115. The number of ether oxygens (including phenoxy) is 1. The Balaban J connectivity index is 1.81. The summed E-state index contributed by atoms with van der Waals surface area (Å²) in [7, 11) is 0. The molecule has 3 heteroatoms. The first kappa shape index (κ1) is 14.7. The zero-order valence-corrected chi connectivity index (χ0v) is 13.0. The lowest BCUT2D eigenvalue weighted by Crippen LogP contribution is -2.49. The maximum atomic E-state index is 5.93. The Hall–Kier alpha value is 0.270. The molecule has 1 aliphatic carbocycles. The summed E-state index contributed by atoms with van der Waals surface area (Å²) in [6, 6.07) is 1.43. The third-order valence-corrected chi connectivity index (χ3v) is 5.87. The molecule has 2 nitrogen and oxygen atoms in total. The highest BCUT2D eigenvalue weighted by atomic mass is 32.2. The highest BCUT2D eigenvalue weighted by Gasteiger charge is 2.33. The number of rotatable bonds is 4. The van der Waals surface area contributed by atoms with E-state index in [-0.39, 0.29) is 5.60 Å². The smallest absolute Gasteiger partial charge is 0.0666 e. The Bertz CT molecular complexity index is 261. The van der Waals surface area contributed by atoms with Gasteiger partial charge < -0.3 is 10.1 Å². The minimum atomic E-state index is 0.115. The average Bonchev–Trinajstić information content (AvgIpc) is 2.39. The molecule has 4 atom stereocenters. The van der Waals surface area contributed by atoms with Crippen LogP contribution >= 0.6 is 11.8 Å². The fourth-order valence-electron chi connectivity index (χ4n) is 3.36. The summed E-state index contributed by atoms with van der Waals surface area (Å²) in [5.74, 6) is 0. The normalized spacial score (nSPS) is 41.8. The van der Waals surface area contributed by atoms with E-state index in [1.807, 2.05) is 0 Å². The van der Waals surface area contributed by atoms with Crippen LogP contribution in [0.4, 0.5) is 0 Å². The van der Waals surface area contributed by atoms with Crippen molar-refractivity contribution in [2.75, 3.05) is 12.9 Å². The molecule has 0 aromatic carbocycles. The van der Waals surface area contributed by atoms with Crippen molar-refractivity contribution in [1.29, 1.82) is 0 Å². The molecule has 2 rings (SSSR count). The van der Waals surface area contributed by atoms with Crippen LogP contribution in [0.1, 0.15) is 58.8 Å². The first-order valence-corrected chi connectivity index (χ1v) is 8.87. The van der Waals surface area contributed by atoms with Gasteiger partial charge in [-0.15, -0.1) is 0 Å². The molecule has 1 N–H and O–H groups in total. The van der Waals surface area contributed by atoms with Crippen molar-refractivity contribution in [3.63, 3.8) is 0 Å². The van der Waals surface area contributed by atoms with Gasteiger partial charge in [-0.1, -0.05) is 13.3 Å². The van der Waals surface area contributed by atoms with E-state index in [9.17, 15) is 0 Å². The van der Waals surface area contributed by atoms with Crippen molar-refractivity contribution in [3.8, 4) is 0 Å². The molecule has 0 aromatic rings. The number of hydrogen-bond donors (Lipinski definition) is 1. The van der Waals surface area contributed by atoms with Crippen LogP contribution < -0.4 is 5.32 Å². The summed E-state index contributed by atoms with van der Waals surface area (Å²) in [5, 5.41) is 4.80. The molecular weight excluding hydrogens is 242 g/mol. The van der Waals surface area contributed by atoms with E-state index in [2.05, 4.69) is 37.2 Å². The molecule has 0 bridgehead atoms. The summed E-state index contributed by atoms with van der Waals surface area (Å²) < 4.78 is 5.93. The van der Waals surface area contributed by atoms with Gasteiger partial charge >= 0.3 is 0 Å². The van der Waals surface area contributed by atoms with Gasteiger partial charge in [0.05, 0.1) is 5.60 Å². The number of nitrogens with one attached hydrogen (secondary N) is 1. The van der Waals surface area contributed by atoms with Gasteiger partial charge in [0, 0.05) is 23.9 Å². The molecule has 0 spiro atoms. The zero-order chi connectivity index (χ0) is 13.0. The van der Waals surface area contributed by atoms with Crippen LogP contribution in [-0.2, 0) is 4.74 Å². The second-order valence-corrected chi connectivity index (χ2v) is 7.37. The summed E-state index contributed by atoms with van der Waals surface area (Å²) >= 11 is 2.05. The Morgan fingerprint density at radius 3 is 2.83 bits per heavy atom. The first-order valence-electron chi connectivity index (χ1n) is 7.58. The van der Waals surface area contributed by atoms with Crippen LogP contribution in [0.25, 0.3) is 0 Å². The number of thioether (sulfide) groups is 1. The van der Waals surface area contributed by atoms with Gasteiger partial charge in [-0.25, -0.2) is 0 Å². The molecule has 1 aliphatic heterocycles. The van der Waals surface area contributed by atoms with Crippen molar-refractivity contribution in [3.05, 3.63) is 0 Å². The third-order valence-electron chi connectivity index (χ3n) is 4.77. The van der Waals surface area contributed by atoms with Gasteiger partial charge in [0.1, 0.15) is 0 Å². The van der Waals surface area contributed by atoms with Crippen LogP contribution in [0.2, 0.25) is 0 Å². The summed E-state index contributed by atoms with van der Waals surface area (Å²) in [6.45, 7) is 5.44. The predicted molar refractivity (Wildman–Crippen MR) is 80.4 cm³/mol. The Morgan fingerprint density at radius 1 is 1.28 bits per heavy atom. The Kier molecular flexibility index (Phi) is 5.40. The second kappa shape index (κ2) is 6.62. The van der Waals surface area contributed by atoms with Crippen molar-refractivity contribution in [2.24, 2.45) is 0 Å². The lowest BCUT2D eigenvalue weighted by molar-refractivity contribution is -0.0794. The molecule has 0 aromatic heterocycles. The first-order chi connectivity index (χ1) is 8.65. The predicted octanol–water partition coefficient (Wildman–Crippen LogP) is 3.60. The van der Waals surface area contributed by atoms with Crippen molar-refractivity contribution in [1.82, 2.24) is 5.32 Å². The molecule has 4 unspecified atom stereocenters. The number of hydrogen-bond acceptors (Lipinski definition) is 3. The van der Waals surface area contributed by atoms with E-state index in [1.54, 1.807) is 0 Å². The molecule has 1 saturated carbocycles. The van der Waals surface area contributed by atoms with Gasteiger partial charge in [-0.05, 0) is 51.7 Å². The molecule has 0 radical (unpaired) electrons.